The number of urea groups is 1. The minimum atomic E-state index is -0.297. The molecule has 0 spiro atoms. The normalized spacial score (nSPS) is 17.5. The number of carbonyl (C=O) groups excluding carboxylic acids is 2. The van der Waals surface area contributed by atoms with Crippen molar-refractivity contribution in [3.05, 3.63) is 71.0 Å². The molecule has 3 amide bonds. The van der Waals surface area contributed by atoms with Crippen LogP contribution in [0.15, 0.2) is 48.5 Å². The number of likely N-dealkylation sites (tertiary alicyclic amines) is 1. The summed E-state index contributed by atoms with van der Waals surface area (Å²) in [5.41, 5.74) is 2.51. The quantitative estimate of drug-likeness (QED) is 0.793. The molecule has 6 heteroatoms. The van der Waals surface area contributed by atoms with Crippen molar-refractivity contribution in [3.63, 3.8) is 0 Å². The van der Waals surface area contributed by atoms with Crippen molar-refractivity contribution in [3.8, 4) is 0 Å². The predicted molar refractivity (Wildman–Crippen MR) is 111 cm³/mol. The van der Waals surface area contributed by atoms with Crippen LogP contribution >= 0.6 is 0 Å². The highest BCUT2D eigenvalue weighted by Crippen LogP contribution is 2.27. The zero-order valence-electron chi connectivity index (χ0n) is 17.0. The highest BCUT2D eigenvalue weighted by molar-refractivity contribution is 5.94. The van der Waals surface area contributed by atoms with Gasteiger partial charge in [-0.1, -0.05) is 24.3 Å². The van der Waals surface area contributed by atoms with Gasteiger partial charge in [-0.15, -0.1) is 0 Å². The van der Waals surface area contributed by atoms with Crippen LogP contribution in [-0.4, -0.2) is 36.5 Å². The number of piperidine rings is 1. The Morgan fingerprint density at radius 3 is 2.69 bits per heavy atom. The van der Waals surface area contributed by atoms with E-state index in [0.29, 0.717) is 18.7 Å². The molecular weight excluding hydrogens is 369 g/mol. The van der Waals surface area contributed by atoms with Crippen LogP contribution in [0.5, 0.6) is 0 Å². The summed E-state index contributed by atoms with van der Waals surface area (Å²) in [5.74, 6) is -0.247. The van der Waals surface area contributed by atoms with E-state index < -0.39 is 0 Å². The van der Waals surface area contributed by atoms with E-state index in [9.17, 15) is 14.0 Å². The summed E-state index contributed by atoms with van der Waals surface area (Å²) in [7, 11) is 0. The highest BCUT2D eigenvalue weighted by atomic mass is 19.1. The minimum absolute atomic E-state index is 0.0285. The van der Waals surface area contributed by atoms with E-state index in [1.807, 2.05) is 36.9 Å². The number of halogens is 1. The third-order valence-corrected chi connectivity index (χ3v) is 5.37. The van der Waals surface area contributed by atoms with E-state index in [1.165, 1.54) is 12.1 Å². The summed E-state index contributed by atoms with van der Waals surface area (Å²) >= 11 is 0. The SMILES string of the molecule is CCNC(=O)N1CCC[C@@H](c2cccc(C(=O)N[C@@H](C)c3ccc(F)cc3)c2)C1. The maximum Gasteiger partial charge on any atom is 0.317 e. The van der Waals surface area contributed by atoms with Crippen LogP contribution in [0.3, 0.4) is 0 Å². The van der Waals surface area contributed by atoms with Gasteiger partial charge < -0.3 is 15.5 Å². The van der Waals surface area contributed by atoms with Gasteiger partial charge in [0.25, 0.3) is 5.91 Å². The van der Waals surface area contributed by atoms with Crippen LogP contribution in [0, 0.1) is 5.82 Å². The van der Waals surface area contributed by atoms with E-state index in [0.717, 1.165) is 30.5 Å². The number of hydrogen-bond acceptors (Lipinski definition) is 2. The lowest BCUT2D eigenvalue weighted by molar-refractivity contribution is 0.0939. The van der Waals surface area contributed by atoms with Gasteiger partial charge in [-0.3, -0.25) is 4.79 Å². The number of nitrogens with one attached hydrogen (secondary N) is 2. The van der Waals surface area contributed by atoms with Crippen LogP contribution in [-0.2, 0) is 0 Å². The second kappa shape index (κ2) is 9.54. The third-order valence-electron chi connectivity index (χ3n) is 5.37. The summed E-state index contributed by atoms with van der Waals surface area (Å²) in [4.78, 5) is 26.7. The van der Waals surface area contributed by atoms with Crippen LogP contribution in [0.1, 0.15) is 60.1 Å². The molecule has 2 aromatic carbocycles. The van der Waals surface area contributed by atoms with Gasteiger partial charge in [0.15, 0.2) is 0 Å². The minimum Gasteiger partial charge on any atom is -0.346 e. The number of hydrogen-bond donors (Lipinski definition) is 2. The predicted octanol–water partition coefficient (Wildman–Crippen LogP) is 4.23. The van der Waals surface area contributed by atoms with Gasteiger partial charge in [-0.25, -0.2) is 9.18 Å². The first-order chi connectivity index (χ1) is 14.0. The molecule has 0 bridgehead atoms. The lowest BCUT2D eigenvalue weighted by Gasteiger charge is -2.33. The first kappa shape index (κ1) is 20.8. The average molecular weight is 397 g/mol. The fourth-order valence-electron chi connectivity index (χ4n) is 3.75. The molecule has 1 saturated heterocycles. The number of amides is 3. The van der Waals surface area contributed by atoms with Crippen molar-refractivity contribution in [2.45, 2.75) is 38.6 Å². The molecule has 1 aliphatic rings. The van der Waals surface area contributed by atoms with Gasteiger partial charge in [0, 0.05) is 31.1 Å². The number of rotatable bonds is 5. The summed E-state index contributed by atoms with van der Waals surface area (Å²) in [6, 6.07) is 13.5. The van der Waals surface area contributed by atoms with Gasteiger partial charge >= 0.3 is 6.03 Å². The van der Waals surface area contributed by atoms with Gasteiger partial charge in [0.2, 0.25) is 0 Å². The number of nitrogens with zero attached hydrogens (tertiary/aromatic N) is 1. The third kappa shape index (κ3) is 5.34. The Balaban J connectivity index is 1.67. The maximum atomic E-state index is 13.1. The first-order valence-electron chi connectivity index (χ1n) is 10.2. The van der Waals surface area contributed by atoms with E-state index >= 15 is 0 Å². The van der Waals surface area contributed by atoms with Crippen molar-refractivity contribution in [2.24, 2.45) is 0 Å². The molecule has 1 aliphatic heterocycles. The molecule has 0 aliphatic carbocycles. The largest absolute Gasteiger partial charge is 0.346 e. The Morgan fingerprint density at radius 2 is 1.97 bits per heavy atom. The number of carbonyl (C=O) groups is 2. The maximum absolute atomic E-state index is 13.1. The highest BCUT2D eigenvalue weighted by Gasteiger charge is 2.25. The molecule has 0 radical (unpaired) electrons. The molecule has 29 heavy (non-hydrogen) atoms. The average Bonchev–Trinajstić information content (AvgIpc) is 2.74. The molecular formula is C23H28FN3O2. The molecule has 2 aromatic rings. The second-order valence-corrected chi connectivity index (χ2v) is 7.49. The number of benzene rings is 2. The van der Waals surface area contributed by atoms with Gasteiger partial charge in [-0.05, 0) is 62.1 Å². The second-order valence-electron chi connectivity index (χ2n) is 7.49. The van der Waals surface area contributed by atoms with E-state index in [2.05, 4.69) is 10.6 Å². The Morgan fingerprint density at radius 1 is 1.21 bits per heavy atom. The monoisotopic (exact) mass is 397 g/mol. The summed E-state index contributed by atoms with van der Waals surface area (Å²) < 4.78 is 13.1. The van der Waals surface area contributed by atoms with Crippen LogP contribution in [0.4, 0.5) is 9.18 Å². The van der Waals surface area contributed by atoms with Gasteiger partial charge in [0.1, 0.15) is 5.82 Å². The first-order valence-corrected chi connectivity index (χ1v) is 10.2. The Hall–Kier alpha value is -2.89. The van der Waals surface area contributed by atoms with Crippen molar-refractivity contribution in [1.82, 2.24) is 15.5 Å². The van der Waals surface area contributed by atoms with Crippen molar-refractivity contribution >= 4 is 11.9 Å². The van der Waals surface area contributed by atoms with Gasteiger partial charge in [0.05, 0.1) is 6.04 Å². The van der Waals surface area contributed by atoms with Crippen LogP contribution in [0.2, 0.25) is 0 Å². The molecule has 0 saturated carbocycles. The summed E-state index contributed by atoms with van der Waals surface area (Å²) in [6.07, 6.45) is 1.94. The molecule has 2 N–H and O–H groups in total. The fraction of sp³-hybridized carbons (Fsp3) is 0.391. The van der Waals surface area contributed by atoms with E-state index in [4.69, 9.17) is 0 Å². The van der Waals surface area contributed by atoms with E-state index in [-0.39, 0.29) is 29.7 Å². The molecule has 154 valence electrons. The molecule has 1 fully saturated rings. The molecule has 3 rings (SSSR count). The zero-order chi connectivity index (χ0) is 20.8. The fourth-order valence-corrected chi connectivity index (χ4v) is 3.75. The standard InChI is InChI=1S/C23H28FN3O2/c1-3-25-23(29)27-13-5-8-20(15-27)18-6-4-7-19(14-18)22(28)26-16(2)17-9-11-21(24)12-10-17/h4,6-7,9-12,14,16,20H,3,5,8,13,15H2,1-2H3,(H,25,29)(H,26,28)/t16-,20+/m0/s1. The molecule has 2 atom stereocenters. The van der Waals surface area contributed by atoms with Crippen molar-refractivity contribution in [1.29, 1.82) is 0 Å². The summed E-state index contributed by atoms with van der Waals surface area (Å²) in [5, 5.41) is 5.83. The van der Waals surface area contributed by atoms with Crippen LogP contribution in [0.25, 0.3) is 0 Å². The lowest BCUT2D eigenvalue weighted by atomic mass is 9.89. The lowest BCUT2D eigenvalue weighted by Crippen LogP contribution is -2.44. The Labute approximate surface area is 171 Å². The molecule has 1 heterocycles. The Bertz CT molecular complexity index is 853. The molecule has 0 aromatic heterocycles. The van der Waals surface area contributed by atoms with Crippen molar-refractivity contribution in [2.75, 3.05) is 19.6 Å². The van der Waals surface area contributed by atoms with Crippen molar-refractivity contribution < 1.29 is 14.0 Å². The van der Waals surface area contributed by atoms with Crippen LogP contribution < -0.4 is 10.6 Å². The Kier molecular flexibility index (Phi) is 6.86. The zero-order valence-corrected chi connectivity index (χ0v) is 17.0. The van der Waals surface area contributed by atoms with Gasteiger partial charge in [-0.2, -0.15) is 0 Å². The van der Waals surface area contributed by atoms with E-state index in [1.54, 1.807) is 18.2 Å². The summed E-state index contributed by atoms with van der Waals surface area (Å²) in [6.45, 7) is 5.82. The molecule has 0 unspecified atom stereocenters. The smallest absolute Gasteiger partial charge is 0.317 e. The topological polar surface area (TPSA) is 61.4 Å². The molecule has 5 nitrogen and oxygen atoms in total.